The van der Waals surface area contributed by atoms with Gasteiger partial charge in [-0.15, -0.1) is 11.3 Å². The molecule has 1 unspecified atom stereocenters. The van der Waals surface area contributed by atoms with Crippen LogP contribution in [0.4, 0.5) is 0 Å². The second-order valence-corrected chi connectivity index (χ2v) is 6.76. The Balaban J connectivity index is 1.91. The van der Waals surface area contributed by atoms with Gasteiger partial charge in [0.1, 0.15) is 5.82 Å². The molecule has 0 saturated heterocycles. The van der Waals surface area contributed by atoms with Gasteiger partial charge in [-0.25, -0.2) is 4.98 Å². The zero-order valence-electron chi connectivity index (χ0n) is 12.2. The number of hydrogen-bond donors (Lipinski definition) is 1. The lowest BCUT2D eigenvalue weighted by Gasteiger charge is -2.22. The Morgan fingerprint density at radius 1 is 1.38 bits per heavy atom. The van der Waals surface area contributed by atoms with Gasteiger partial charge in [-0.05, 0) is 47.9 Å². The van der Waals surface area contributed by atoms with Crippen LogP contribution in [0.15, 0.2) is 29.6 Å². The molecule has 0 saturated carbocycles. The number of nitrogens with zero attached hydrogens (tertiary/aromatic N) is 2. The molecule has 1 atom stereocenters. The zero-order chi connectivity index (χ0) is 14.4. The fraction of sp³-hybridized carbons (Fsp3) is 0.353. The molecule has 0 bridgehead atoms. The van der Waals surface area contributed by atoms with Crippen LogP contribution in [0.3, 0.4) is 0 Å². The molecular formula is C17H19N3S. The number of para-hydroxylation sites is 1. The number of aromatic nitrogens is 2. The summed E-state index contributed by atoms with van der Waals surface area (Å²) in [6.45, 7) is 0.544. The molecule has 1 aromatic carbocycles. The molecule has 4 heteroatoms. The second kappa shape index (κ2) is 4.97. The maximum atomic E-state index is 5.87. The average molecular weight is 297 g/mol. The van der Waals surface area contributed by atoms with Crippen LogP contribution in [0.2, 0.25) is 0 Å². The Morgan fingerprint density at radius 3 is 3.14 bits per heavy atom. The summed E-state index contributed by atoms with van der Waals surface area (Å²) in [4.78, 5) is 6.51. The monoisotopic (exact) mass is 297 g/mol. The molecule has 3 aromatic rings. The molecular weight excluding hydrogens is 278 g/mol. The minimum Gasteiger partial charge on any atom is -0.331 e. The number of nitrogens with two attached hydrogens (primary N) is 1. The number of rotatable bonds is 2. The number of thiophene rings is 1. The van der Waals surface area contributed by atoms with E-state index in [4.69, 9.17) is 10.7 Å². The van der Waals surface area contributed by atoms with E-state index in [1.165, 1.54) is 41.0 Å². The van der Waals surface area contributed by atoms with Crippen LogP contribution in [0.5, 0.6) is 0 Å². The Labute approximate surface area is 128 Å². The first-order chi connectivity index (χ1) is 10.3. The Bertz CT molecular complexity index is 800. The lowest BCUT2D eigenvalue weighted by molar-refractivity contribution is 0.584. The third-order valence-electron chi connectivity index (χ3n) is 4.61. The number of fused-ring (bicyclic) bond motifs is 2. The van der Waals surface area contributed by atoms with Gasteiger partial charge < -0.3 is 10.3 Å². The molecule has 108 valence electrons. The topological polar surface area (TPSA) is 43.8 Å². The summed E-state index contributed by atoms with van der Waals surface area (Å²) in [5, 5.41) is 2.22. The van der Waals surface area contributed by atoms with Gasteiger partial charge in [0, 0.05) is 24.4 Å². The predicted molar refractivity (Wildman–Crippen MR) is 87.7 cm³/mol. The summed E-state index contributed by atoms with van der Waals surface area (Å²) >= 11 is 1.89. The zero-order valence-corrected chi connectivity index (χ0v) is 13.0. The van der Waals surface area contributed by atoms with E-state index < -0.39 is 0 Å². The van der Waals surface area contributed by atoms with Crippen molar-refractivity contribution < 1.29 is 0 Å². The normalized spacial score (nSPS) is 18.1. The molecule has 0 aliphatic heterocycles. The Kier molecular flexibility index (Phi) is 3.08. The van der Waals surface area contributed by atoms with Crippen molar-refractivity contribution in [2.24, 2.45) is 12.8 Å². The standard InChI is InChI=1S/C17H19N3S/c1-20-14-6-2-4-11(10-18)16(14)19-17(20)13-5-3-7-15-12(13)8-9-21-15/h2,4,6,8-9,13H,3,5,7,10,18H2,1H3. The smallest absolute Gasteiger partial charge is 0.117 e. The van der Waals surface area contributed by atoms with Crippen LogP contribution in [0, 0.1) is 0 Å². The van der Waals surface area contributed by atoms with Gasteiger partial charge in [-0.1, -0.05) is 12.1 Å². The third-order valence-corrected chi connectivity index (χ3v) is 5.61. The van der Waals surface area contributed by atoms with Crippen LogP contribution in [-0.2, 0) is 20.0 Å². The third kappa shape index (κ3) is 1.93. The van der Waals surface area contributed by atoms with Gasteiger partial charge in [0.25, 0.3) is 0 Å². The number of imidazole rings is 1. The van der Waals surface area contributed by atoms with Gasteiger partial charge in [0.05, 0.1) is 11.0 Å². The van der Waals surface area contributed by atoms with Gasteiger partial charge in [0.15, 0.2) is 0 Å². The maximum Gasteiger partial charge on any atom is 0.117 e. The minimum atomic E-state index is 0.433. The highest BCUT2D eigenvalue weighted by Gasteiger charge is 2.27. The predicted octanol–water partition coefficient (Wildman–Crippen LogP) is 3.56. The fourth-order valence-electron chi connectivity index (χ4n) is 3.52. The highest BCUT2D eigenvalue weighted by Crippen LogP contribution is 2.39. The molecule has 2 N–H and O–H groups in total. The van der Waals surface area contributed by atoms with Crippen molar-refractivity contribution in [2.45, 2.75) is 31.7 Å². The largest absolute Gasteiger partial charge is 0.331 e. The lowest BCUT2D eigenvalue weighted by Crippen LogP contribution is -2.13. The molecule has 0 spiro atoms. The molecule has 0 radical (unpaired) electrons. The summed E-state index contributed by atoms with van der Waals surface area (Å²) in [6, 6.07) is 8.58. The molecule has 1 aliphatic rings. The van der Waals surface area contributed by atoms with Crippen molar-refractivity contribution in [3.8, 4) is 0 Å². The highest BCUT2D eigenvalue weighted by atomic mass is 32.1. The number of benzene rings is 1. The van der Waals surface area contributed by atoms with Crippen LogP contribution in [0.25, 0.3) is 11.0 Å². The molecule has 0 fully saturated rings. The van der Waals surface area contributed by atoms with Crippen LogP contribution in [0.1, 0.15) is 40.6 Å². The molecule has 1 aliphatic carbocycles. The molecule has 4 rings (SSSR count). The molecule has 2 heterocycles. The van der Waals surface area contributed by atoms with E-state index in [1.807, 2.05) is 11.3 Å². The van der Waals surface area contributed by atoms with E-state index in [0.717, 1.165) is 11.1 Å². The van der Waals surface area contributed by atoms with E-state index in [2.05, 4.69) is 41.3 Å². The summed E-state index contributed by atoms with van der Waals surface area (Å²) in [6.07, 6.45) is 3.67. The van der Waals surface area contributed by atoms with Crippen molar-refractivity contribution >= 4 is 22.4 Å². The Morgan fingerprint density at radius 2 is 2.29 bits per heavy atom. The van der Waals surface area contributed by atoms with Crippen LogP contribution < -0.4 is 5.73 Å². The van der Waals surface area contributed by atoms with Gasteiger partial charge >= 0.3 is 0 Å². The van der Waals surface area contributed by atoms with E-state index in [-0.39, 0.29) is 0 Å². The highest BCUT2D eigenvalue weighted by molar-refractivity contribution is 7.10. The fourth-order valence-corrected chi connectivity index (χ4v) is 4.51. The molecule has 0 amide bonds. The van der Waals surface area contributed by atoms with E-state index in [1.54, 1.807) is 0 Å². The number of aryl methyl sites for hydroxylation is 2. The molecule has 21 heavy (non-hydrogen) atoms. The van der Waals surface area contributed by atoms with Gasteiger partial charge in [-0.2, -0.15) is 0 Å². The van der Waals surface area contributed by atoms with E-state index >= 15 is 0 Å². The van der Waals surface area contributed by atoms with Crippen molar-refractivity contribution in [1.82, 2.24) is 9.55 Å². The SMILES string of the molecule is Cn1c(C2CCCc3sccc32)nc2c(CN)cccc21. The first-order valence-electron chi connectivity index (χ1n) is 7.50. The Hall–Kier alpha value is -1.65. The van der Waals surface area contributed by atoms with E-state index in [0.29, 0.717) is 12.5 Å². The average Bonchev–Trinajstić information content (AvgIpc) is 3.12. The van der Waals surface area contributed by atoms with Crippen molar-refractivity contribution in [3.05, 3.63) is 51.5 Å². The van der Waals surface area contributed by atoms with Crippen LogP contribution in [-0.4, -0.2) is 9.55 Å². The first kappa shape index (κ1) is 13.0. The molecule has 2 aromatic heterocycles. The second-order valence-electron chi connectivity index (χ2n) is 5.76. The summed E-state index contributed by atoms with van der Waals surface area (Å²) in [7, 11) is 2.13. The number of hydrogen-bond acceptors (Lipinski definition) is 3. The van der Waals surface area contributed by atoms with Crippen molar-refractivity contribution in [2.75, 3.05) is 0 Å². The minimum absolute atomic E-state index is 0.433. The van der Waals surface area contributed by atoms with Gasteiger partial charge in [0.2, 0.25) is 0 Å². The lowest BCUT2D eigenvalue weighted by atomic mass is 9.87. The summed E-state index contributed by atoms with van der Waals surface area (Å²) in [5.41, 5.74) is 10.7. The quantitative estimate of drug-likeness (QED) is 0.786. The van der Waals surface area contributed by atoms with E-state index in [9.17, 15) is 0 Å². The summed E-state index contributed by atoms with van der Waals surface area (Å²) in [5.74, 6) is 1.62. The first-order valence-corrected chi connectivity index (χ1v) is 8.38. The summed E-state index contributed by atoms with van der Waals surface area (Å²) < 4.78 is 2.26. The maximum absolute atomic E-state index is 5.87. The van der Waals surface area contributed by atoms with Crippen molar-refractivity contribution in [3.63, 3.8) is 0 Å². The molecule has 3 nitrogen and oxygen atoms in total. The van der Waals surface area contributed by atoms with Crippen molar-refractivity contribution in [1.29, 1.82) is 0 Å². The van der Waals surface area contributed by atoms with Crippen LogP contribution >= 0.6 is 11.3 Å². The van der Waals surface area contributed by atoms with Gasteiger partial charge in [-0.3, -0.25) is 0 Å².